The van der Waals surface area contributed by atoms with Crippen LogP contribution in [0.1, 0.15) is 10.4 Å². The SMILES string of the molecule is CN(C)c1nc(N2CCOCC2)ncc1NC(=O)c1ccc(F)c(F)c1. The number of ether oxygens (including phenoxy) is 1. The van der Waals surface area contributed by atoms with E-state index >= 15 is 0 Å². The van der Waals surface area contributed by atoms with Crippen molar-refractivity contribution in [2.24, 2.45) is 0 Å². The minimum atomic E-state index is -1.08. The zero-order chi connectivity index (χ0) is 18.7. The van der Waals surface area contributed by atoms with Crippen LogP contribution in [0, 0.1) is 11.6 Å². The van der Waals surface area contributed by atoms with E-state index in [2.05, 4.69) is 15.3 Å². The molecule has 9 heteroatoms. The highest BCUT2D eigenvalue weighted by molar-refractivity contribution is 6.05. The van der Waals surface area contributed by atoms with Gasteiger partial charge in [0.15, 0.2) is 17.5 Å². The van der Waals surface area contributed by atoms with Crippen molar-refractivity contribution in [3.05, 3.63) is 41.6 Å². The molecule has 0 unspecified atom stereocenters. The van der Waals surface area contributed by atoms with Crippen molar-refractivity contribution in [1.82, 2.24) is 9.97 Å². The normalized spacial score (nSPS) is 14.2. The summed E-state index contributed by atoms with van der Waals surface area (Å²) in [6, 6.07) is 2.98. The van der Waals surface area contributed by atoms with Crippen molar-refractivity contribution in [2.75, 3.05) is 55.5 Å². The van der Waals surface area contributed by atoms with Crippen LogP contribution < -0.4 is 15.1 Å². The van der Waals surface area contributed by atoms with Crippen LogP contribution in [0.4, 0.5) is 26.2 Å². The average molecular weight is 363 g/mol. The average Bonchev–Trinajstić information content (AvgIpc) is 2.64. The van der Waals surface area contributed by atoms with Crippen molar-refractivity contribution in [2.45, 2.75) is 0 Å². The molecule has 1 fully saturated rings. The molecule has 0 aliphatic carbocycles. The number of hydrogen-bond acceptors (Lipinski definition) is 6. The summed E-state index contributed by atoms with van der Waals surface area (Å²) >= 11 is 0. The number of benzene rings is 1. The Bertz CT molecular complexity index is 810. The van der Waals surface area contributed by atoms with E-state index in [1.54, 1.807) is 19.0 Å². The fourth-order valence-electron chi connectivity index (χ4n) is 2.54. The second-order valence-corrected chi connectivity index (χ2v) is 5.98. The van der Waals surface area contributed by atoms with Crippen molar-refractivity contribution in [3.8, 4) is 0 Å². The largest absolute Gasteiger partial charge is 0.378 e. The molecule has 1 aliphatic rings. The maximum atomic E-state index is 13.3. The first-order chi connectivity index (χ1) is 12.5. The number of carbonyl (C=O) groups is 1. The van der Waals surface area contributed by atoms with Crippen LogP contribution in [0.15, 0.2) is 24.4 Å². The Morgan fingerprint density at radius 3 is 2.62 bits per heavy atom. The molecule has 1 aromatic carbocycles. The summed E-state index contributed by atoms with van der Waals surface area (Å²) in [6.07, 6.45) is 1.50. The molecule has 0 bridgehead atoms. The summed E-state index contributed by atoms with van der Waals surface area (Å²) in [5, 5.41) is 2.65. The van der Waals surface area contributed by atoms with Crippen LogP contribution in [-0.4, -0.2) is 56.3 Å². The standard InChI is InChI=1S/C17H19F2N5O2/c1-23(2)15-14(10-20-17(22-15)24-5-7-26-8-6-24)21-16(25)11-3-4-12(18)13(19)9-11/h3-4,9-10H,5-8H2,1-2H3,(H,21,25). The molecule has 3 rings (SSSR count). The Kier molecular flexibility index (Phi) is 5.27. The number of nitrogens with zero attached hydrogens (tertiary/aromatic N) is 4. The molecule has 1 N–H and O–H groups in total. The first-order valence-corrected chi connectivity index (χ1v) is 8.09. The van der Waals surface area contributed by atoms with Gasteiger partial charge < -0.3 is 19.9 Å². The van der Waals surface area contributed by atoms with Gasteiger partial charge in [0.1, 0.15) is 5.69 Å². The molecule has 0 radical (unpaired) electrons. The summed E-state index contributed by atoms with van der Waals surface area (Å²) in [5.41, 5.74) is 0.382. The van der Waals surface area contributed by atoms with Crippen molar-refractivity contribution in [1.29, 1.82) is 0 Å². The van der Waals surface area contributed by atoms with E-state index in [0.717, 1.165) is 12.1 Å². The summed E-state index contributed by atoms with van der Waals surface area (Å²) in [7, 11) is 3.58. The Morgan fingerprint density at radius 1 is 1.23 bits per heavy atom. The topological polar surface area (TPSA) is 70.6 Å². The van der Waals surface area contributed by atoms with Gasteiger partial charge >= 0.3 is 0 Å². The van der Waals surface area contributed by atoms with E-state index in [0.29, 0.717) is 43.8 Å². The molecule has 2 aromatic rings. The molecular weight excluding hydrogens is 344 g/mol. The summed E-state index contributed by atoms with van der Waals surface area (Å²) in [4.78, 5) is 24.9. The fraction of sp³-hybridized carbons (Fsp3) is 0.353. The van der Waals surface area contributed by atoms with E-state index in [9.17, 15) is 13.6 Å². The van der Waals surface area contributed by atoms with Crippen LogP contribution in [0.5, 0.6) is 0 Å². The lowest BCUT2D eigenvalue weighted by Crippen LogP contribution is -2.37. The van der Waals surface area contributed by atoms with E-state index in [1.165, 1.54) is 12.3 Å². The smallest absolute Gasteiger partial charge is 0.255 e. The maximum absolute atomic E-state index is 13.3. The van der Waals surface area contributed by atoms with E-state index in [1.807, 2.05) is 4.90 Å². The second kappa shape index (κ2) is 7.61. The van der Waals surface area contributed by atoms with Gasteiger partial charge in [-0.25, -0.2) is 13.8 Å². The lowest BCUT2D eigenvalue weighted by atomic mass is 10.2. The number of nitrogens with one attached hydrogen (secondary N) is 1. The van der Waals surface area contributed by atoms with Gasteiger partial charge in [-0.1, -0.05) is 0 Å². The Labute approximate surface area is 149 Å². The van der Waals surface area contributed by atoms with Crippen molar-refractivity contribution >= 4 is 23.4 Å². The van der Waals surface area contributed by atoms with Gasteiger partial charge in [0.05, 0.1) is 19.4 Å². The number of carbonyl (C=O) groups excluding carboxylic acids is 1. The van der Waals surface area contributed by atoms with E-state index in [4.69, 9.17) is 4.74 Å². The van der Waals surface area contributed by atoms with E-state index < -0.39 is 17.5 Å². The number of rotatable bonds is 4. The minimum Gasteiger partial charge on any atom is -0.378 e. The van der Waals surface area contributed by atoms with Gasteiger partial charge in [-0.05, 0) is 18.2 Å². The molecule has 2 heterocycles. The van der Waals surface area contributed by atoms with Crippen molar-refractivity contribution < 1.29 is 18.3 Å². The van der Waals surface area contributed by atoms with Gasteiger partial charge in [-0.3, -0.25) is 4.79 Å². The van der Waals surface area contributed by atoms with Crippen LogP contribution in [0.2, 0.25) is 0 Å². The third-order valence-corrected chi connectivity index (χ3v) is 3.90. The predicted molar refractivity (Wildman–Crippen MR) is 93.7 cm³/mol. The molecule has 1 saturated heterocycles. The Morgan fingerprint density at radius 2 is 1.96 bits per heavy atom. The highest BCUT2D eigenvalue weighted by atomic mass is 19.2. The lowest BCUT2D eigenvalue weighted by molar-refractivity contribution is 0.102. The maximum Gasteiger partial charge on any atom is 0.255 e. The quantitative estimate of drug-likeness (QED) is 0.895. The Hall–Kier alpha value is -2.81. The first-order valence-electron chi connectivity index (χ1n) is 8.09. The zero-order valence-electron chi connectivity index (χ0n) is 14.5. The molecular formula is C17H19F2N5O2. The van der Waals surface area contributed by atoms with Gasteiger partial charge in [0.25, 0.3) is 5.91 Å². The summed E-state index contributed by atoms with van der Waals surface area (Å²) < 4.78 is 31.7. The number of anilines is 3. The monoisotopic (exact) mass is 363 g/mol. The molecule has 1 aliphatic heterocycles. The highest BCUT2D eigenvalue weighted by Gasteiger charge is 2.19. The van der Waals surface area contributed by atoms with Crippen LogP contribution in [0.25, 0.3) is 0 Å². The Balaban J connectivity index is 1.84. The predicted octanol–water partition coefficient (Wildman–Crippen LogP) is 1.91. The van der Waals surface area contributed by atoms with Crippen molar-refractivity contribution in [3.63, 3.8) is 0 Å². The number of halogens is 2. The van der Waals surface area contributed by atoms with Gasteiger partial charge in [0.2, 0.25) is 5.95 Å². The molecule has 1 aromatic heterocycles. The molecule has 0 saturated carbocycles. The molecule has 138 valence electrons. The minimum absolute atomic E-state index is 0.00543. The fourth-order valence-corrected chi connectivity index (χ4v) is 2.54. The number of hydrogen-bond donors (Lipinski definition) is 1. The molecule has 0 atom stereocenters. The zero-order valence-corrected chi connectivity index (χ0v) is 14.5. The summed E-state index contributed by atoms with van der Waals surface area (Å²) in [5.74, 6) is -1.60. The molecule has 1 amide bonds. The van der Waals surface area contributed by atoms with Crippen LogP contribution in [-0.2, 0) is 4.74 Å². The van der Waals surface area contributed by atoms with Crippen LogP contribution >= 0.6 is 0 Å². The molecule has 0 spiro atoms. The third kappa shape index (κ3) is 3.88. The number of morpholine rings is 1. The molecule has 7 nitrogen and oxygen atoms in total. The third-order valence-electron chi connectivity index (χ3n) is 3.90. The van der Waals surface area contributed by atoms with Gasteiger partial charge in [0, 0.05) is 32.7 Å². The van der Waals surface area contributed by atoms with Gasteiger partial charge in [-0.2, -0.15) is 4.98 Å². The number of amides is 1. The van der Waals surface area contributed by atoms with E-state index in [-0.39, 0.29) is 5.56 Å². The first kappa shape index (κ1) is 18.0. The second-order valence-electron chi connectivity index (χ2n) is 5.98. The summed E-state index contributed by atoms with van der Waals surface area (Å²) in [6.45, 7) is 2.59. The lowest BCUT2D eigenvalue weighted by Gasteiger charge is -2.28. The van der Waals surface area contributed by atoms with Crippen LogP contribution in [0.3, 0.4) is 0 Å². The molecule has 26 heavy (non-hydrogen) atoms. The van der Waals surface area contributed by atoms with Gasteiger partial charge in [-0.15, -0.1) is 0 Å². The highest BCUT2D eigenvalue weighted by Crippen LogP contribution is 2.25. The number of aromatic nitrogens is 2.